The van der Waals surface area contributed by atoms with Gasteiger partial charge in [-0.3, -0.25) is 9.59 Å². The number of alkyl halides is 3. The molecule has 0 atom stereocenters. The van der Waals surface area contributed by atoms with Crippen LogP contribution in [0, 0.1) is 16.7 Å². The Morgan fingerprint density at radius 3 is 2.32 bits per heavy atom. The quantitative estimate of drug-likeness (QED) is 0.472. The lowest BCUT2D eigenvalue weighted by molar-refractivity contribution is -0.141. The lowest BCUT2D eigenvalue weighted by atomic mass is 9.75. The van der Waals surface area contributed by atoms with Gasteiger partial charge in [0.25, 0.3) is 0 Å². The normalized spacial score (nSPS) is 14.4. The van der Waals surface area contributed by atoms with Gasteiger partial charge in [-0.2, -0.15) is 23.5 Å². The summed E-state index contributed by atoms with van der Waals surface area (Å²) in [6.45, 7) is 3.68. The molecule has 1 aromatic heterocycles. The van der Waals surface area contributed by atoms with Crippen molar-refractivity contribution in [1.29, 1.82) is 5.26 Å². The van der Waals surface area contributed by atoms with Crippen molar-refractivity contribution in [2.45, 2.75) is 32.9 Å². The van der Waals surface area contributed by atoms with Crippen molar-refractivity contribution >= 4 is 27.6 Å². The number of hydrogen-bond acceptors (Lipinski definition) is 4. The average molecular weight is 533 g/mol. The van der Waals surface area contributed by atoms with Crippen molar-refractivity contribution < 1.29 is 22.8 Å². The van der Waals surface area contributed by atoms with Crippen molar-refractivity contribution in [3.8, 4) is 11.8 Å². The van der Waals surface area contributed by atoms with Crippen LogP contribution in [0.1, 0.15) is 57.9 Å². The van der Waals surface area contributed by atoms with Crippen LogP contribution in [0.2, 0.25) is 0 Å². The zero-order chi connectivity index (χ0) is 25.3. The first kappa shape index (κ1) is 25.2. The van der Waals surface area contributed by atoms with Crippen LogP contribution in [0.5, 0.6) is 0 Å². The molecule has 10 heteroatoms. The van der Waals surface area contributed by atoms with Gasteiger partial charge in [0.1, 0.15) is 6.07 Å². The Balaban J connectivity index is 0.000000302. The van der Waals surface area contributed by atoms with Crippen LogP contribution in [0.15, 0.2) is 53.0 Å². The molecule has 0 bridgehead atoms. The fourth-order valence-electron chi connectivity index (χ4n) is 3.69. The molecule has 0 unspecified atom stereocenters. The molecule has 1 aliphatic rings. The summed E-state index contributed by atoms with van der Waals surface area (Å²) in [5.41, 5.74) is 4.57. The molecule has 2 aromatic carbocycles. The second kappa shape index (κ2) is 9.43. The standard InChI is InChI=1S/C17H13BrF3N3O.C7H7NO/c1-16(2)6-12-14(13(25)7-16)15(17(19,20)21)23-24(12)10-4-3-9(8-22)11(18)5-10;8-7(9)6-4-2-1-3-5-6/h3-5H,6-7H2,1-2H3;1-5H,(H2,8,9). The van der Waals surface area contributed by atoms with Gasteiger partial charge in [-0.05, 0) is 58.1 Å². The van der Waals surface area contributed by atoms with Gasteiger partial charge in [0.2, 0.25) is 5.91 Å². The summed E-state index contributed by atoms with van der Waals surface area (Å²) in [5.74, 6) is -0.923. The van der Waals surface area contributed by atoms with E-state index in [0.717, 1.165) is 0 Å². The second-order valence-electron chi connectivity index (χ2n) is 8.53. The van der Waals surface area contributed by atoms with E-state index < -0.39 is 23.1 Å². The van der Waals surface area contributed by atoms with Gasteiger partial charge >= 0.3 is 6.18 Å². The number of carbonyl (C=O) groups is 2. The number of benzene rings is 2. The van der Waals surface area contributed by atoms with E-state index >= 15 is 0 Å². The Labute approximate surface area is 202 Å². The molecule has 34 heavy (non-hydrogen) atoms. The lowest BCUT2D eigenvalue weighted by Crippen LogP contribution is -2.29. The minimum absolute atomic E-state index is 0.0475. The maximum Gasteiger partial charge on any atom is 0.435 e. The lowest BCUT2D eigenvalue weighted by Gasteiger charge is -2.29. The Morgan fingerprint density at radius 1 is 1.18 bits per heavy atom. The number of halogens is 4. The zero-order valence-electron chi connectivity index (χ0n) is 18.3. The number of nitriles is 1. The number of fused-ring (bicyclic) bond motifs is 1. The van der Waals surface area contributed by atoms with Crippen LogP contribution in [0.25, 0.3) is 5.69 Å². The monoisotopic (exact) mass is 532 g/mol. The SMILES string of the molecule is CC1(C)CC(=O)c2c(C(F)(F)F)nn(-c3ccc(C#N)c(Br)c3)c2C1.NC(=O)c1ccccc1. The van der Waals surface area contributed by atoms with Crippen LogP contribution in [0.3, 0.4) is 0 Å². The number of carbonyl (C=O) groups excluding carboxylic acids is 2. The van der Waals surface area contributed by atoms with Crippen LogP contribution in [0.4, 0.5) is 13.2 Å². The smallest absolute Gasteiger partial charge is 0.366 e. The Bertz CT molecular complexity index is 1290. The average Bonchev–Trinajstić information content (AvgIpc) is 3.14. The molecule has 4 rings (SSSR count). The molecule has 0 fully saturated rings. The van der Waals surface area contributed by atoms with E-state index in [0.29, 0.717) is 27.7 Å². The Morgan fingerprint density at radius 2 is 1.82 bits per heavy atom. The number of amides is 1. The topological polar surface area (TPSA) is 102 Å². The van der Waals surface area contributed by atoms with Crippen molar-refractivity contribution in [3.05, 3.63) is 81.1 Å². The molecule has 1 aliphatic carbocycles. The van der Waals surface area contributed by atoms with Crippen LogP contribution in [-0.2, 0) is 12.6 Å². The van der Waals surface area contributed by atoms with E-state index in [1.165, 1.54) is 22.9 Å². The van der Waals surface area contributed by atoms with Gasteiger partial charge < -0.3 is 5.73 Å². The number of Topliss-reactive ketones (excluding diaryl/α,β-unsaturated/α-hetero) is 1. The minimum atomic E-state index is -4.71. The number of nitrogens with zero attached hydrogens (tertiary/aromatic N) is 3. The molecule has 0 radical (unpaired) electrons. The molecule has 1 amide bonds. The van der Waals surface area contributed by atoms with E-state index in [-0.39, 0.29) is 23.6 Å². The third kappa shape index (κ3) is 5.37. The predicted molar refractivity (Wildman–Crippen MR) is 122 cm³/mol. The van der Waals surface area contributed by atoms with E-state index in [4.69, 9.17) is 11.0 Å². The molecular weight excluding hydrogens is 513 g/mol. The van der Waals surface area contributed by atoms with E-state index in [1.54, 1.807) is 24.3 Å². The summed E-state index contributed by atoms with van der Waals surface area (Å²) in [6, 6.07) is 15.3. The van der Waals surface area contributed by atoms with Crippen molar-refractivity contribution in [1.82, 2.24) is 9.78 Å². The molecule has 176 valence electrons. The second-order valence-corrected chi connectivity index (χ2v) is 9.38. The molecule has 0 aliphatic heterocycles. The number of ketones is 1. The van der Waals surface area contributed by atoms with Gasteiger partial charge in [-0.1, -0.05) is 32.0 Å². The highest BCUT2D eigenvalue weighted by Gasteiger charge is 2.45. The maximum absolute atomic E-state index is 13.4. The first-order valence-electron chi connectivity index (χ1n) is 10.1. The van der Waals surface area contributed by atoms with Gasteiger partial charge in [-0.15, -0.1) is 0 Å². The van der Waals surface area contributed by atoms with Crippen LogP contribution >= 0.6 is 15.9 Å². The predicted octanol–water partition coefficient (Wildman–Crippen LogP) is 5.47. The molecule has 3 aromatic rings. The van der Waals surface area contributed by atoms with Crippen molar-refractivity contribution in [2.75, 3.05) is 0 Å². The van der Waals surface area contributed by atoms with Crippen LogP contribution in [-0.4, -0.2) is 21.5 Å². The zero-order valence-corrected chi connectivity index (χ0v) is 19.9. The number of rotatable bonds is 2. The first-order chi connectivity index (χ1) is 15.8. The van der Waals surface area contributed by atoms with E-state index in [1.807, 2.05) is 26.0 Å². The van der Waals surface area contributed by atoms with Gasteiger partial charge in [0.05, 0.1) is 22.5 Å². The third-order valence-electron chi connectivity index (χ3n) is 5.19. The number of aromatic nitrogens is 2. The van der Waals surface area contributed by atoms with Crippen LogP contribution < -0.4 is 5.73 Å². The van der Waals surface area contributed by atoms with Gasteiger partial charge in [-0.25, -0.2) is 4.68 Å². The summed E-state index contributed by atoms with van der Waals surface area (Å²) in [5, 5.41) is 12.7. The number of nitrogens with two attached hydrogens (primary N) is 1. The molecule has 1 heterocycles. The highest BCUT2D eigenvalue weighted by Crippen LogP contribution is 2.42. The summed E-state index contributed by atoms with van der Waals surface area (Å²) in [7, 11) is 0. The summed E-state index contributed by atoms with van der Waals surface area (Å²) >= 11 is 3.23. The highest BCUT2D eigenvalue weighted by molar-refractivity contribution is 9.10. The number of primary amides is 1. The number of hydrogen-bond donors (Lipinski definition) is 1. The molecule has 6 nitrogen and oxygen atoms in total. The summed E-state index contributed by atoms with van der Waals surface area (Å²) in [4.78, 5) is 22.8. The Kier molecular flexibility index (Phi) is 6.98. The minimum Gasteiger partial charge on any atom is -0.366 e. The third-order valence-corrected chi connectivity index (χ3v) is 5.85. The molecular formula is C24H20BrF3N4O2. The maximum atomic E-state index is 13.4. The van der Waals surface area contributed by atoms with Crippen molar-refractivity contribution in [3.63, 3.8) is 0 Å². The van der Waals surface area contributed by atoms with Gasteiger partial charge in [0.15, 0.2) is 11.5 Å². The molecule has 0 saturated carbocycles. The van der Waals surface area contributed by atoms with E-state index in [2.05, 4.69) is 21.0 Å². The fraction of sp³-hybridized carbons (Fsp3) is 0.250. The molecule has 2 N–H and O–H groups in total. The molecule has 0 saturated heterocycles. The fourth-order valence-corrected chi connectivity index (χ4v) is 4.14. The summed E-state index contributed by atoms with van der Waals surface area (Å²) in [6.07, 6.45) is -4.36. The Hall–Kier alpha value is -3.45. The van der Waals surface area contributed by atoms with Gasteiger partial charge in [0, 0.05) is 16.5 Å². The first-order valence-corrected chi connectivity index (χ1v) is 10.9. The molecule has 0 spiro atoms. The summed E-state index contributed by atoms with van der Waals surface area (Å²) < 4.78 is 41.8. The van der Waals surface area contributed by atoms with E-state index in [9.17, 15) is 22.8 Å². The van der Waals surface area contributed by atoms with Crippen molar-refractivity contribution in [2.24, 2.45) is 11.1 Å². The highest BCUT2D eigenvalue weighted by atomic mass is 79.9. The largest absolute Gasteiger partial charge is 0.435 e.